The smallest absolute Gasteiger partial charge is 0.260 e. The number of carbonyl (C=O) groups is 1. The summed E-state index contributed by atoms with van der Waals surface area (Å²) in [6, 6.07) is 6.13. The molecule has 0 aliphatic carbocycles. The maximum Gasteiger partial charge on any atom is 0.260 e. The first-order valence-corrected chi connectivity index (χ1v) is 6.64. The third kappa shape index (κ3) is 4.24. The number of amides is 1. The van der Waals surface area contributed by atoms with Gasteiger partial charge in [-0.25, -0.2) is 0 Å². The quantitative estimate of drug-likeness (QED) is 0.851. The second-order valence-corrected chi connectivity index (χ2v) is 4.99. The van der Waals surface area contributed by atoms with Crippen molar-refractivity contribution in [1.29, 1.82) is 0 Å². The third-order valence-electron chi connectivity index (χ3n) is 3.22. The second kappa shape index (κ2) is 7.14. The lowest BCUT2D eigenvalue weighted by Crippen LogP contribution is -2.36. The van der Waals surface area contributed by atoms with Crippen molar-refractivity contribution in [2.75, 3.05) is 20.2 Å². The Balaban J connectivity index is 2.74. The van der Waals surface area contributed by atoms with Crippen LogP contribution in [0.15, 0.2) is 18.2 Å². The highest BCUT2D eigenvalue weighted by atomic mass is 16.5. The van der Waals surface area contributed by atoms with Gasteiger partial charge in [-0.1, -0.05) is 18.2 Å². The van der Waals surface area contributed by atoms with E-state index in [1.54, 1.807) is 11.9 Å². The highest BCUT2D eigenvalue weighted by molar-refractivity contribution is 5.77. The molecule has 0 heterocycles. The zero-order valence-corrected chi connectivity index (χ0v) is 12.3. The van der Waals surface area contributed by atoms with Gasteiger partial charge in [-0.15, -0.1) is 0 Å². The Morgan fingerprint density at radius 2 is 2.11 bits per heavy atom. The summed E-state index contributed by atoms with van der Waals surface area (Å²) in [5.41, 5.74) is 7.68. The Kier molecular flexibility index (Phi) is 5.83. The molecule has 0 aromatic heterocycles. The van der Waals surface area contributed by atoms with E-state index in [1.165, 1.54) is 0 Å². The van der Waals surface area contributed by atoms with E-state index in [9.17, 15) is 4.79 Å². The lowest BCUT2D eigenvalue weighted by atomic mass is 10.1. The summed E-state index contributed by atoms with van der Waals surface area (Å²) < 4.78 is 5.71. The molecule has 2 N–H and O–H groups in total. The molecule has 106 valence electrons. The first-order valence-electron chi connectivity index (χ1n) is 6.64. The molecule has 19 heavy (non-hydrogen) atoms. The largest absolute Gasteiger partial charge is 0.483 e. The highest BCUT2D eigenvalue weighted by Crippen LogP contribution is 2.23. The Hall–Kier alpha value is -1.55. The van der Waals surface area contributed by atoms with Crippen molar-refractivity contribution in [2.24, 2.45) is 5.73 Å². The minimum atomic E-state index is -0.0167. The normalized spacial score (nSPS) is 10.6. The molecule has 4 heteroatoms. The number of likely N-dealkylation sites (N-methyl/N-ethyl adjacent to an activating group) is 1. The fraction of sp³-hybridized carbons (Fsp3) is 0.533. The standard InChI is InChI=1S/C15H24N2O2/c1-11(2)17(4)14(18)10-19-15-12(3)6-5-7-13(15)8-9-16/h5-7,11H,8-10,16H2,1-4H3. The molecule has 0 atom stereocenters. The Morgan fingerprint density at radius 1 is 1.42 bits per heavy atom. The van der Waals surface area contributed by atoms with Gasteiger partial charge in [0.2, 0.25) is 0 Å². The van der Waals surface area contributed by atoms with Gasteiger partial charge in [0.15, 0.2) is 6.61 Å². The summed E-state index contributed by atoms with van der Waals surface area (Å²) >= 11 is 0. The van der Waals surface area contributed by atoms with Gasteiger partial charge in [-0.2, -0.15) is 0 Å². The Bertz CT molecular complexity index is 430. The number of aryl methyl sites for hydroxylation is 1. The van der Waals surface area contributed by atoms with E-state index in [4.69, 9.17) is 10.5 Å². The molecule has 0 bridgehead atoms. The van der Waals surface area contributed by atoms with Gasteiger partial charge in [0, 0.05) is 13.1 Å². The van der Waals surface area contributed by atoms with Crippen LogP contribution in [-0.4, -0.2) is 37.0 Å². The van der Waals surface area contributed by atoms with Crippen LogP contribution < -0.4 is 10.5 Å². The van der Waals surface area contributed by atoms with Crippen LogP contribution in [0, 0.1) is 6.92 Å². The number of hydrogen-bond acceptors (Lipinski definition) is 3. The zero-order valence-electron chi connectivity index (χ0n) is 12.3. The average Bonchev–Trinajstić information content (AvgIpc) is 2.37. The van der Waals surface area contributed by atoms with E-state index in [2.05, 4.69) is 0 Å². The molecule has 4 nitrogen and oxygen atoms in total. The molecule has 0 spiro atoms. The van der Waals surface area contributed by atoms with Crippen LogP contribution in [0.3, 0.4) is 0 Å². The van der Waals surface area contributed by atoms with Gasteiger partial charge in [-0.05, 0) is 44.9 Å². The Labute approximate surface area is 115 Å². The average molecular weight is 264 g/mol. The lowest BCUT2D eigenvalue weighted by Gasteiger charge is -2.22. The van der Waals surface area contributed by atoms with Crippen LogP contribution in [0.4, 0.5) is 0 Å². The predicted octanol–water partition coefficient (Wildman–Crippen LogP) is 1.74. The number of nitrogens with zero attached hydrogens (tertiary/aromatic N) is 1. The van der Waals surface area contributed by atoms with Crippen molar-refractivity contribution in [3.63, 3.8) is 0 Å². The molecule has 0 saturated heterocycles. The molecule has 1 amide bonds. The van der Waals surface area contributed by atoms with E-state index >= 15 is 0 Å². The lowest BCUT2D eigenvalue weighted by molar-refractivity contribution is -0.133. The summed E-state index contributed by atoms with van der Waals surface area (Å²) in [5.74, 6) is 0.774. The molecule has 0 saturated carbocycles. The third-order valence-corrected chi connectivity index (χ3v) is 3.22. The maximum atomic E-state index is 11.9. The highest BCUT2D eigenvalue weighted by Gasteiger charge is 2.14. The zero-order chi connectivity index (χ0) is 14.4. The number of hydrogen-bond donors (Lipinski definition) is 1. The number of carbonyl (C=O) groups excluding carboxylic acids is 1. The molecule has 1 rings (SSSR count). The van der Waals surface area contributed by atoms with Crippen molar-refractivity contribution in [3.8, 4) is 5.75 Å². The maximum absolute atomic E-state index is 11.9. The molecule has 1 aromatic carbocycles. The van der Waals surface area contributed by atoms with Gasteiger partial charge >= 0.3 is 0 Å². The van der Waals surface area contributed by atoms with Crippen molar-refractivity contribution < 1.29 is 9.53 Å². The van der Waals surface area contributed by atoms with Crippen LogP contribution >= 0.6 is 0 Å². The van der Waals surface area contributed by atoms with Crippen molar-refractivity contribution in [1.82, 2.24) is 4.90 Å². The summed E-state index contributed by atoms with van der Waals surface area (Å²) in [6.07, 6.45) is 0.755. The molecule has 0 aliphatic heterocycles. The number of ether oxygens (including phenoxy) is 1. The summed E-state index contributed by atoms with van der Waals surface area (Å²) in [4.78, 5) is 13.6. The van der Waals surface area contributed by atoms with Crippen LogP contribution in [0.1, 0.15) is 25.0 Å². The molecular formula is C15H24N2O2. The SMILES string of the molecule is Cc1cccc(CCN)c1OCC(=O)N(C)C(C)C. The summed E-state index contributed by atoms with van der Waals surface area (Å²) in [7, 11) is 1.79. The summed E-state index contributed by atoms with van der Waals surface area (Å²) in [5, 5.41) is 0. The minimum Gasteiger partial charge on any atom is -0.483 e. The molecule has 1 aromatic rings. The minimum absolute atomic E-state index is 0.0167. The molecule has 0 radical (unpaired) electrons. The van der Waals surface area contributed by atoms with Gasteiger partial charge < -0.3 is 15.4 Å². The van der Waals surface area contributed by atoms with E-state index in [-0.39, 0.29) is 18.6 Å². The molecule has 0 fully saturated rings. The number of benzene rings is 1. The summed E-state index contributed by atoms with van der Waals surface area (Å²) in [6.45, 7) is 6.57. The first-order chi connectivity index (χ1) is 8.97. The van der Waals surface area contributed by atoms with Gasteiger partial charge in [0.25, 0.3) is 5.91 Å². The van der Waals surface area contributed by atoms with Crippen LogP contribution in [0.25, 0.3) is 0 Å². The van der Waals surface area contributed by atoms with Gasteiger partial charge in [0.1, 0.15) is 5.75 Å². The fourth-order valence-corrected chi connectivity index (χ4v) is 1.80. The molecular weight excluding hydrogens is 240 g/mol. The number of para-hydroxylation sites is 1. The number of rotatable bonds is 6. The van der Waals surface area contributed by atoms with Crippen LogP contribution in [-0.2, 0) is 11.2 Å². The first kappa shape index (κ1) is 15.5. The molecule has 0 aliphatic rings. The molecule has 0 unspecified atom stereocenters. The van der Waals surface area contributed by atoms with Crippen molar-refractivity contribution in [3.05, 3.63) is 29.3 Å². The van der Waals surface area contributed by atoms with E-state index in [1.807, 2.05) is 39.0 Å². The van der Waals surface area contributed by atoms with Gasteiger partial charge in [0.05, 0.1) is 0 Å². The van der Waals surface area contributed by atoms with E-state index in [0.717, 1.165) is 23.3 Å². The van der Waals surface area contributed by atoms with Gasteiger partial charge in [-0.3, -0.25) is 4.79 Å². The van der Waals surface area contributed by atoms with Crippen molar-refractivity contribution >= 4 is 5.91 Å². The van der Waals surface area contributed by atoms with E-state index < -0.39 is 0 Å². The second-order valence-electron chi connectivity index (χ2n) is 4.99. The topological polar surface area (TPSA) is 55.6 Å². The number of nitrogens with two attached hydrogens (primary N) is 1. The van der Waals surface area contributed by atoms with Crippen LogP contribution in [0.2, 0.25) is 0 Å². The van der Waals surface area contributed by atoms with Crippen molar-refractivity contribution in [2.45, 2.75) is 33.2 Å². The monoisotopic (exact) mass is 264 g/mol. The van der Waals surface area contributed by atoms with E-state index in [0.29, 0.717) is 6.54 Å². The Morgan fingerprint density at radius 3 is 2.68 bits per heavy atom. The predicted molar refractivity (Wildman–Crippen MR) is 77.3 cm³/mol. The fourth-order valence-electron chi connectivity index (χ4n) is 1.80. The van der Waals surface area contributed by atoms with Crippen LogP contribution in [0.5, 0.6) is 5.75 Å².